The summed E-state index contributed by atoms with van der Waals surface area (Å²) >= 11 is 0. The van der Waals surface area contributed by atoms with Gasteiger partial charge >= 0.3 is 0 Å². The summed E-state index contributed by atoms with van der Waals surface area (Å²) in [6, 6.07) is 15.9. The molecule has 6 nitrogen and oxygen atoms in total. The van der Waals surface area contributed by atoms with Crippen molar-refractivity contribution < 1.29 is 9.47 Å². The summed E-state index contributed by atoms with van der Waals surface area (Å²) in [5.74, 6) is 2.90. The standard InChI is InChI=1S/C22H26N4O2.2ClH/c1-22(23,20-14-27-18-8-4-5-9-19(18)28-20)15-10-12-26(13-11-15)21-24-16-6-2-3-7-17(16)25-21;;/h2-9,15,20H,10-14,23H2,1H3,(H,24,25);2*1H. The van der Waals surface area contributed by atoms with Crippen molar-refractivity contribution in [1.29, 1.82) is 0 Å². The first-order chi connectivity index (χ1) is 13.6. The number of hydrogen-bond acceptors (Lipinski definition) is 5. The van der Waals surface area contributed by atoms with Crippen molar-refractivity contribution in [3.05, 3.63) is 48.5 Å². The number of para-hydroxylation sites is 4. The lowest BCUT2D eigenvalue weighted by Crippen LogP contribution is -2.61. The molecule has 3 N–H and O–H groups in total. The molecule has 0 aliphatic carbocycles. The third kappa shape index (κ3) is 4.04. The number of fused-ring (bicyclic) bond motifs is 2. The third-order valence-electron chi connectivity index (χ3n) is 6.25. The Morgan fingerprint density at radius 1 is 1.03 bits per heavy atom. The van der Waals surface area contributed by atoms with E-state index in [1.54, 1.807) is 0 Å². The van der Waals surface area contributed by atoms with Gasteiger partial charge in [-0.25, -0.2) is 4.98 Å². The zero-order chi connectivity index (χ0) is 19.1. The maximum atomic E-state index is 6.82. The van der Waals surface area contributed by atoms with E-state index < -0.39 is 5.54 Å². The fraction of sp³-hybridized carbons (Fsp3) is 0.409. The molecule has 2 aliphatic rings. The molecule has 2 atom stereocenters. The van der Waals surface area contributed by atoms with Crippen LogP contribution in [0.2, 0.25) is 0 Å². The Kier molecular flexibility index (Phi) is 6.70. The Hall–Kier alpha value is -2.15. The molecule has 3 aromatic rings. The smallest absolute Gasteiger partial charge is 0.203 e. The Balaban J connectivity index is 0.00000128. The fourth-order valence-electron chi connectivity index (χ4n) is 4.39. The molecule has 2 unspecified atom stereocenters. The quantitative estimate of drug-likeness (QED) is 0.625. The van der Waals surface area contributed by atoms with Gasteiger partial charge in [0.2, 0.25) is 5.95 Å². The summed E-state index contributed by atoms with van der Waals surface area (Å²) in [5, 5.41) is 0. The predicted octanol–water partition coefficient (Wildman–Crippen LogP) is 4.18. The van der Waals surface area contributed by atoms with Crippen molar-refractivity contribution in [1.82, 2.24) is 9.97 Å². The second kappa shape index (κ2) is 8.92. The van der Waals surface area contributed by atoms with E-state index in [0.29, 0.717) is 12.5 Å². The highest BCUT2D eigenvalue weighted by molar-refractivity contribution is 5.85. The number of halogens is 2. The molecule has 0 amide bonds. The van der Waals surface area contributed by atoms with Crippen LogP contribution in [0.25, 0.3) is 11.0 Å². The molecule has 1 saturated heterocycles. The highest BCUT2D eigenvalue weighted by atomic mass is 35.5. The van der Waals surface area contributed by atoms with E-state index in [1.807, 2.05) is 42.5 Å². The Morgan fingerprint density at radius 2 is 1.70 bits per heavy atom. The number of nitrogens with two attached hydrogens (primary N) is 1. The number of rotatable bonds is 3. The highest BCUT2D eigenvalue weighted by Gasteiger charge is 2.43. The molecule has 1 fully saturated rings. The number of aromatic amines is 1. The number of nitrogens with one attached hydrogen (secondary N) is 1. The lowest BCUT2D eigenvalue weighted by molar-refractivity contribution is 0.00932. The molecule has 5 rings (SSSR count). The van der Waals surface area contributed by atoms with Crippen molar-refractivity contribution in [2.24, 2.45) is 11.7 Å². The summed E-state index contributed by atoms with van der Waals surface area (Å²) in [6.45, 7) is 4.47. The van der Waals surface area contributed by atoms with Crippen LogP contribution in [0.3, 0.4) is 0 Å². The van der Waals surface area contributed by atoms with Crippen LogP contribution in [-0.2, 0) is 0 Å². The number of benzene rings is 2. The van der Waals surface area contributed by atoms with E-state index in [2.05, 4.69) is 22.9 Å². The number of ether oxygens (including phenoxy) is 2. The number of hydrogen-bond donors (Lipinski definition) is 2. The van der Waals surface area contributed by atoms with Gasteiger partial charge in [0, 0.05) is 13.1 Å². The Morgan fingerprint density at radius 3 is 2.43 bits per heavy atom. The molecule has 0 saturated carbocycles. The summed E-state index contributed by atoms with van der Waals surface area (Å²) < 4.78 is 12.1. The van der Waals surface area contributed by atoms with Crippen LogP contribution in [-0.4, -0.2) is 41.3 Å². The topological polar surface area (TPSA) is 76.4 Å². The van der Waals surface area contributed by atoms with Gasteiger partial charge in [-0.1, -0.05) is 24.3 Å². The van der Waals surface area contributed by atoms with Crippen molar-refractivity contribution in [3.63, 3.8) is 0 Å². The molecular weight excluding hydrogens is 423 g/mol. The third-order valence-corrected chi connectivity index (χ3v) is 6.25. The van der Waals surface area contributed by atoms with E-state index in [1.165, 1.54) is 0 Å². The second-order valence-corrected chi connectivity index (χ2v) is 8.07. The van der Waals surface area contributed by atoms with Crippen molar-refractivity contribution >= 4 is 41.8 Å². The van der Waals surface area contributed by atoms with E-state index >= 15 is 0 Å². The molecule has 1 aromatic heterocycles. The van der Waals surface area contributed by atoms with E-state index in [4.69, 9.17) is 20.2 Å². The molecule has 162 valence electrons. The van der Waals surface area contributed by atoms with Crippen molar-refractivity contribution in [3.8, 4) is 11.5 Å². The number of piperidine rings is 1. The number of imidazole rings is 1. The van der Waals surface area contributed by atoms with Gasteiger partial charge in [-0.2, -0.15) is 0 Å². The minimum atomic E-state index is -0.451. The minimum Gasteiger partial charge on any atom is -0.486 e. The highest BCUT2D eigenvalue weighted by Crippen LogP contribution is 2.37. The van der Waals surface area contributed by atoms with Gasteiger partial charge in [0.25, 0.3) is 0 Å². The summed E-state index contributed by atoms with van der Waals surface area (Å²) in [6.07, 6.45) is 1.86. The number of H-pyrrole nitrogens is 1. The molecule has 0 spiro atoms. The van der Waals surface area contributed by atoms with Gasteiger partial charge in [0.1, 0.15) is 6.61 Å². The predicted molar refractivity (Wildman–Crippen MR) is 124 cm³/mol. The molecular formula is C22H28Cl2N4O2. The van der Waals surface area contributed by atoms with Crippen LogP contribution in [0.15, 0.2) is 48.5 Å². The summed E-state index contributed by atoms with van der Waals surface area (Å²) in [5.41, 5.74) is 8.46. The molecule has 3 heterocycles. The molecule has 30 heavy (non-hydrogen) atoms. The summed E-state index contributed by atoms with van der Waals surface area (Å²) in [4.78, 5) is 10.5. The van der Waals surface area contributed by atoms with E-state index in [-0.39, 0.29) is 30.9 Å². The monoisotopic (exact) mass is 450 g/mol. The van der Waals surface area contributed by atoms with E-state index in [9.17, 15) is 0 Å². The largest absolute Gasteiger partial charge is 0.486 e. The zero-order valence-electron chi connectivity index (χ0n) is 16.9. The van der Waals surface area contributed by atoms with Gasteiger partial charge in [-0.05, 0) is 49.9 Å². The van der Waals surface area contributed by atoms with Crippen LogP contribution in [0.1, 0.15) is 19.8 Å². The first-order valence-electron chi connectivity index (χ1n) is 9.98. The SMILES string of the molecule is CC(N)(C1CCN(c2nc3ccccc3[nH]2)CC1)C1COc2ccccc2O1.Cl.Cl. The maximum Gasteiger partial charge on any atom is 0.203 e. The Bertz CT molecular complexity index is 953. The molecule has 0 radical (unpaired) electrons. The van der Waals surface area contributed by atoms with E-state index in [0.717, 1.165) is 54.4 Å². The lowest BCUT2D eigenvalue weighted by atomic mass is 9.76. The van der Waals surface area contributed by atoms with Gasteiger partial charge < -0.3 is 25.1 Å². The number of anilines is 1. The van der Waals surface area contributed by atoms with Crippen LogP contribution in [0.5, 0.6) is 11.5 Å². The fourth-order valence-corrected chi connectivity index (χ4v) is 4.39. The number of aromatic nitrogens is 2. The minimum absolute atomic E-state index is 0. The van der Waals surface area contributed by atoms with Crippen molar-refractivity contribution in [2.45, 2.75) is 31.4 Å². The van der Waals surface area contributed by atoms with Crippen LogP contribution in [0, 0.1) is 5.92 Å². The maximum absolute atomic E-state index is 6.82. The lowest BCUT2D eigenvalue weighted by Gasteiger charge is -2.45. The van der Waals surface area contributed by atoms with Crippen LogP contribution < -0.4 is 20.1 Å². The second-order valence-electron chi connectivity index (χ2n) is 8.07. The summed E-state index contributed by atoms with van der Waals surface area (Å²) in [7, 11) is 0. The number of nitrogens with zero attached hydrogens (tertiary/aromatic N) is 2. The van der Waals surface area contributed by atoms with Crippen LogP contribution >= 0.6 is 24.8 Å². The first kappa shape index (κ1) is 22.5. The molecule has 2 aromatic carbocycles. The van der Waals surface area contributed by atoms with Gasteiger partial charge in [0.05, 0.1) is 16.6 Å². The first-order valence-corrected chi connectivity index (χ1v) is 9.98. The van der Waals surface area contributed by atoms with Crippen molar-refractivity contribution in [2.75, 3.05) is 24.6 Å². The molecule has 8 heteroatoms. The normalized spacial score (nSPS) is 20.7. The van der Waals surface area contributed by atoms with Crippen LogP contribution in [0.4, 0.5) is 5.95 Å². The van der Waals surface area contributed by atoms with Gasteiger partial charge in [0.15, 0.2) is 17.6 Å². The molecule has 0 bridgehead atoms. The molecule has 2 aliphatic heterocycles. The zero-order valence-corrected chi connectivity index (χ0v) is 18.5. The van der Waals surface area contributed by atoms with Gasteiger partial charge in [-0.15, -0.1) is 24.8 Å². The average molecular weight is 451 g/mol. The Labute approximate surface area is 189 Å². The van der Waals surface area contributed by atoms with Gasteiger partial charge in [-0.3, -0.25) is 0 Å². The average Bonchev–Trinajstić information content (AvgIpc) is 3.18.